The van der Waals surface area contributed by atoms with Crippen molar-refractivity contribution in [1.29, 1.82) is 0 Å². The summed E-state index contributed by atoms with van der Waals surface area (Å²) >= 11 is 0. The highest BCUT2D eigenvalue weighted by molar-refractivity contribution is 6.09. The molecule has 2 fully saturated rings. The van der Waals surface area contributed by atoms with Crippen molar-refractivity contribution in [2.45, 2.75) is 51.8 Å². The molecule has 28 heavy (non-hydrogen) atoms. The van der Waals surface area contributed by atoms with Crippen molar-refractivity contribution < 1.29 is 23.8 Å². The SMILES string of the molecule is CCOc1ccc(C(COC)N2C(=O)NC3(CC(OCC)C3(C)C)C2=O)cc1. The minimum Gasteiger partial charge on any atom is -0.494 e. The highest BCUT2D eigenvalue weighted by Gasteiger charge is 2.71. The Morgan fingerprint density at radius 3 is 2.39 bits per heavy atom. The monoisotopic (exact) mass is 390 g/mol. The summed E-state index contributed by atoms with van der Waals surface area (Å²) in [4.78, 5) is 27.6. The van der Waals surface area contributed by atoms with Gasteiger partial charge in [0, 0.05) is 25.6 Å². The van der Waals surface area contributed by atoms with Crippen LogP contribution in [0.2, 0.25) is 0 Å². The average molecular weight is 390 g/mol. The number of imide groups is 1. The third-order valence-corrected chi connectivity index (χ3v) is 6.10. The molecule has 1 saturated heterocycles. The van der Waals surface area contributed by atoms with E-state index in [4.69, 9.17) is 14.2 Å². The van der Waals surface area contributed by atoms with Crippen LogP contribution in [0.3, 0.4) is 0 Å². The van der Waals surface area contributed by atoms with Gasteiger partial charge in [-0.1, -0.05) is 26.0 Å². The molecule has 0 radical (unpaired) electrons. The number of nitrogens with one attached hydrogen (secondary N) is 1. The Balaban J connectivity index is 1.88. The van der Waals surface area contributed by atoms with Gasteiger partial charge in [-0.2, -0.15) is 0 Å². The lowest BCUT2D eigenvalue weighted by atomic mass is 9.54. The second-order valence-electron chi connectivity index (χ2n) is 7.85. The lowest BCUT2D eigenvalue weighted by molar-refractivity contribution is -0.176. The maximum atomic E-state index is 13.5. The molecule has 1 aromatic carbocycles. The molecule has 1 N–H and O–H groups in total. The molecular weight excluding hydrogens is 360 g/mol. The van der Waals surface area contributed by atoms with Crippen LogP contribution in [0.15, 0.2) is 24.3 Å². The van der Waals surface area contributed by atoms with Crippen LogP contribution in [0.1, 0.15) is 45.7 Å². The van der Waals surface area contributed by atoms with Crippen LogP contribution in [0, 0.1) is 5.41 Å². The molecule has 1 heterocycles. The van der Waals surface area contributed by atoms with Gasteiger partial charge in [-0.3, -0.25) is 9.69 Å². The minimum absolute atomic E-state index is 0.0620. The van der Waals surface area contributed by atoms with Crippen molar-refractivity contribution in [2.75, 3.05) is 26.9 Å². The first kappa shape index (κ1) is 20.6. The molecule has 1 spiro atoms. The van der Waals surface area contributed by atoms with Crippen LogP contribution in [0.25, 0.3) is 0 Å². The topological polar surface area (TPSA) is 77.1 Å². The first-order valence-corrected chi connectivity index (χ1v) is 9.81. The molecule has 3 rings (SSSR count). The maximum Gasteiger partial charge on any atom is 0.325 e. The van der Waals surface area contributed by atoms with E-state index in [0.29, 0.717) is 19.6 Å². The normalized spacial score (nSPS) is 26.9. The van der Waals surface area contributed by atoms with E-state index in [9.17, 15) is 9.59 Å². The number of hydrogen-bond donors (Lipinski definition) is 1. The van der Waals surface area contributed by atoms with Crippen molar-refractivity contribution >= 4 is 11.9 Å². The molecule has 1 aliphatic heterocycles. The minimum atomic E-state index is -0.929. The molecule has 7 heteroatoms. The van der Waals surface area contributed by atoms with Gasteiger partial charge in [-0.05, 0) is 31.5 Å². The zero-order valence-corrected chi connectivity index (χ0v) is 17.3. The molecule has 0 bridgehead atoms. The highest BCUT2D eigenvalue weighted by atomic mass is 16.5. The third kappa shape index (κ3) is 3.06. The molecule has 3 unspecified atom stereocenters. The van der Waals surface area contributed by atoms with Gasteiger partial charge in [0.2, 0.25) is 0 Å². The summed E-state index contributed by atoms with van der Waals surface area (Å²) in [6, 6.07) is 6.53. The number of methoxy groups -OCH3 is 1. The van der Waals surface area contributed by atoms with E-state index in [0.717, 1.165) is 11.3 Å². The first-order valence-electron chi connectivity index (χ1n) is 9.81. The Bertz CT molecular complexity index is 733. The quantitative estimate of drug-likeness (QED) is 0.691. The zero-order chi connectivity index (χ0) is 20.5. The Hall–Kier alpha value is -2.12. The van der Waals surface area contributed by atoms with Crippen molar-refractivity contribution in [3.05, 3.63) is 29.8 Å². The largest absolute Gasteiger partial charge is 0.494 e. The number of carbonyl (C=O) groups is 2. The second-order valence-corrected chi connectivity index (χ2v) is 7.85. The van der Waals surface area contributed by atoms with E-state index < -0.39 is 17.0 Å². The van der Waals surface area contributed by atoms with Gasteiger partial charge >= 0.3 is 6.03 Å². The lowest BCUT2D eigenvalue weighted by Gasteiger charge is -2.57. The molecule has 3 atom stereocenters. The standard InChI is InChI=1S/C21H30N2O5/c1-6-27-15-10-8-14(9-11-15)16(13-26-5)23-18(24)21(22-19(23)25)12-17(28-7-2)20(21,3)4/h8-11,16-17H,6-7,12-13H2,1-5H3,(H,22,25). The molecule has 1 saturated carbocycles. The summed E-state index contributed by atoms with van der Waals surface area (Å²) in [5.41, 5.74) is -0.591. The Labute approximate surface area is 166 Å². The van der Waals surface area contributed by atoms with Crippen molar-refractivity contribution in [2.24, 2.45) is 5.41 Å². The molecule has 7 nitrogen and oxygen atoms in total. The number of benzene rings is 1. The summed E-state index contributed by atoms with van der Waals surface area (Å²) in [6.07, 6.45) is 0.422. The fourth-order valence-electron chi connectivity index (χ4n) is 4.29. The fraction of sp³-hybridized carbons (Fsp3) is 0.619. The third-order valence-electron chi connectivity index (χ3n) is 6.10. The Kier molecular flexibility index (Phi) is 5.68. The molecular formula is C21H30N2O5. The molecule has 3 amide bonds. The average Bonchev–Trinajstić information content (AvgIpc) is 2.93. The number of urea groups is 1. The Morgan fingerprint density at radius 1 is 1.18 bits per heavy atom. The Morgan fingerprint density at radius 2 is 1.86 bits per heavy atom. The summed E-state index contributed by atoms with van der Waals surface area (Å²) in [5, 5.41) is 2.96. The number of ether oxygens (including phenoxy) is 3. The van der Waals surface area contributed by atoms with E-state index in [1.54, 1.807) is 7.11 Å². The fourth-order valence-corrected chi connectivity index (χ4v) is 4.29. The summed E-state index contributed by atoms with van der Waals surface area (Å²) in [6.45, 7) is 9.17. The van der Waals surface area contributed by atoms with Gasteiger partial charge in [0.05, 0.1) is 25.4 Å². The van der Waals surface area contributed by atoms with Gasteiger partial charge < -0.3 is 19.5 Å². The van der Waals surface area contributed by atoms with Gasteiger partial charge in [-0.25, -0.2) is 4.79 Å². The van der Waals surface area contributed by atoms with Gasteiger partial charge in [0.1, 0.15) is 11.3 Å². The van der Waals surface area contributed by atoms with E-state index >= 15 is 0 Å². The number of hydrogen-bond acceptors (Lipinski definition) is 5. The number of rotatable bonds is 8. The van der Waals surface area contributed by atoms with Crippen LogP contribution < -0.4 is 10.1 Å². The first-order chi connectivity index (χ1) is 13.3. The van der Waals surface area contributed by atoms with Crippen LogP contribution in [0.5, 0.6) is 5.75 Å². The highest BCUT2D eigenvalue weighted by Crippen LogP contribution is 2.54. The molecule has 1 aliphatic carbocycles. The summed E-state index contributed by atoms with van der Waals surface area (Å²) in [5.74, 6) is 0.533. The maximum absolute atomic E-state index is 13.5. The predicted octanol–water partition coefficient (Wildman–Crippen LogP) is 2.90. The number of carbonyl (C=O) groups excluding carboxylic acids is 2. The molecule has 154 valence electrons. The zero-order valence-electron chi connectivity index (χ0n) is 17.3. The van der Waals surface area contributed by atoms with Crippen LogP contribution in [-0.2, 0) is 14.3 Å². The molecule has 2 aliphatic rings. The van der Waals surface area contributed by atoms with Crippen molar-refractivity contribution in [1.82, 2.24) is 10.2 Å². The number of nitrogens with zero attached hydrogens (tertiary/aromatic N) is 1. The number of amides is 3. The van der Waals surface area contributed by atoms with Gasteiger partial charge in [-0.15, -0.1) is 0 Å². The lowest BCUT2D eigenvalue weighted by Crippen LogP contribution is -2.73. The predicted molar refractivity (Wildman–Crippen MR) is 104 cm³/mol. The second kappa shape index (κ2) is 7.72. The van der Waals surface area contributed by atoms with Gasteiger partial charge in [0.25, 0.3) is 5.91 Å². The summed E-state index contributed by atoms with van der Waals surface area (Å²) in [7, 11) is 1.56. The summed E-state index contributed by atoms with van der Waals surface area (Å²) < 4.78 is 16.6. The van der Waals surface area contributed by atoms with E-state index in [2.05, 4.69) is 5.32 Å². The smallest absolute Gasteiger partial charge is 0.325 e. The molecule has 0 aromatic heterocycles. The van der Waals surface area contributed by atoms with Crippen LogP contribution in [-0.4, -0.2) is 55.4 Å². The van der Waals surface area contributed by atoms with E-state index in [1.807, 2.05) is 52.0 Å². The van der Waals surface area contributed by atoms with Gasteiger partial charge in [0.15, 0.2) is 0 Å². The van der Waals surface area contributed by atoms with Crippen LogP contribution >= 0.6 is 0 Å². The van der Waals surface area contributed by atoms with Crippen molar-refractivity contribution in [3.63, 3.8) is 0 Å². The van der Waals surface area contributed by atoms with Crippen LogP contribution in [0.4, 0.5) is 4.79 Å². The van der Waals surface area contributed by atoms with E-state index in [1.165, 1.54) is 4.90 Å². The van der Waals surface area contributed by atoms with Crippen molar-refractivity contribution in [3.8, 4) is 5.75 Å². The van der Waals surface area contributed by atoms with E-state index in [-0.39, 0.29) is 24.6 Å². The molecule has 1 aromatic rings.